The Morgan fingerprint density at radius 1 is 1.27 bits per heavy atom. The van der Waals surface area contributed by atoms with Crippen molar-refractivity contribution in [2.24, 2.45) is 0 Å². The highest BCUT2D eigenvalue weighted by Crippen LogP contribution is 2.30. The molecule has 0 unspecified atom stereocenters. The van der Waals surface area contributed by atoms with Crippen molar-refractivity contribution in [2.75, 3.05) is 0 Å². The molecule has 0 aliphatic rings. The van der Waals surface area contributed by atoms with Gasteiger partial charge in [-0.3, -0.25) is 4.79 Å². The SMILES string of the molecule is Cc1nn(-c2ccccc2)c2sc(C(=O)N[C@@H](C)Cc3ccco3)cc12. The second kappa shape index (κ2) is 6.80. The molecule has 0 saturated carbocycles. The van der Waals surface area contributed by atoms with Crippen LogP contribution < -0.4 is 5.32 Å². The summed E-state index contributed by atoms with van der Waals surface area (Å²) in [5.41, 5.74) is 1.91. The Balaban J connectivity index is 1.58. The molecule has 4 rings (SSSR count). The molecule has 0 fully saturated rings. The Morgan fingerprint density at radius 2 is 2.08 bits per heavy atom. The first-order chi connectivity index (χ1) is 12.6. The first-order valence-corrected chi connectivity index (χ1v) is 9.31. The van der Waals surface area contributed by atoms with Crippen molar-refractivity contribution in [3.8, 4) is 5.69 Å². The second-order valence-corrected chi connectivity index (χ2v) is 7.35. The van der Waals surface area contributed by atoms with Gasteiger partial charge in [-0.05, 0) is 44.2 Å². The lowest BCUT2D eigenvalue weighted by Crippen LogP contribution is -2.33. The third-order valence-corrected chi connectivity index (χ3v) is 5.34. The Labute approximate surface area is 155 Å². The molecule has 26 heavy (non-hydrogen) atoms. The number of hydrogen-bond acceptors (Lipinski definition) is 4. The number of thiophene rings is 1. The molecular weight excluding hydrogens is 346 g/mol. The molecule has 1 N–H and O–H groups in total. The van der Waals surface area contributed by atoms with E-state index in [2.05, 4.69) is 10.4 Å². The van der Waals surface area contributed by atoms with Gasteiger partial charge in [-0.2, -0.15) is 5.10 Å². The van der Waals surface area contributed by atoms with Crippen LogP contribution in [-0.2, 0) is 6.42 Å². The fraction of sp³-hybridized carbons (Fsp3) is 0.200. The van der Waals surface area contributed by atoms with E-state index in [1.54, 1.807) is 6.26 Å². The van der Waals surface area contributed by atoms with Crippen LogP contribution in [-0.4, -0.2) is 21.7 Å². The fourth-order valence-electron chi connectivity index (χ4n) is 2.98. The van der Waals surface area contributed by atoms with Crippen molar-refractivity contribution < 1.29 is 9.21 Å². The van der Waals surface area contributed by atoms with E-state index in [9.17, 15) is 4.79 Å². The molecule has 0 spiro atoms. The van der Waals surface area contributed by atoms with Gasteiger partial charge in [0.2, 0.25) is 0 Å². The molecule has 4 aromatic rings. The van der Waals surface area contributed by atoms with E-state index in [1.165, 1.54) is 11.3 Å². The standard InChI is InChI=1S/C20H19N3O2S/c1-13(11-16-9-6-10-25-16)21-19(24)18-12-17-14(2)22-23(20(17)26-18)15-7-4-3-5-8-15/h3-10,12-13H,11H2,1-2H3,(H,21,24)/t13-/m0/s1. The third kappa shape index (κ3) is 3.15. The summed E-state index contributed by atoms with van der Waals surface area (Å²) in [6, 6.07) is 15.7. The number of para-hydroxylation sites is 1. The summed E-state index contributed by atoms with van der Waals surface area (Å²) in [5.74, 6) is 0.800. The number of nitrogens with zero attached hydrogens (tertiary/aromatic N) is 2. The van der Waals surface area contributed by atoms with E-state index in [1.807, 2.05) is 67.1 Å². The average Bonchev–Trinajstić information content (AvgIpc) is 3.34. The van der Waals surface area contributed by atoms with E-state index in [0.29, 0.717) is 11.3 Å². The largest absolute Gasteiger partial charge is 0.469 e. The molecule has 0 bridgehead atoms. The van der Waals surface area contributed by atoms with Gasteiger partial charge in [-0.1, -0.05) is 18.2 Å². The lowest BCUT2D eigenvalue weighted by Gasteiger charge is -2.11. The van der Waals surface area contributed by atoms with Crippen LogP contribution in [0.4, 0.5) is 0 Å². The van der Waals surface area contributed by atoms with Crippen molar-refractivity contribution in [3.05, 3.63) is 71.1 Å². The maximum atomic E-state index is 12.6. The van der Waals surface area contributed by atoms with Crippen LogP contribution in [0.3, 0.4) is 0 Å². The summed E-state index contributed by atoms with van der Waals surface area (Å²) in [5, 5.41) is 8.68. The maximum Gasteiger partial charge on any atom is 0.261 e. The molecule has 1 atom stereocenters. The van der Waals surface area contributed by atoms with Gasteiger partial charge in [0.1, 0.15) is 10.6 Å². The highest BCUT2D eigenvalue weighted by atomic mass is 32.1. The topological polar surface area (TPSA) is 60.1 Å². The molecule has 0 aliphatic heterocycles. The molecule has 0 saturated heterocycles. The minimum Gasteiger partial charge on any atom is -0.469 e. The number of aryl methyl sites for hydroxylation is 1. The number of fused-ring (bicyclic) bond motifs is 1. The van der Waals surface area contributed by atoms with Gasteiger partial charge in [0.05, 0.1) is 22.5 Å². The van der Waals surface area contributed by atoms with Crippen LogP contribution in [0.5, 0.6) is 0 Å². The zero-order valence-corrected chi connectivity index (χ0v) is 15.4. The van der Waals surface area contributed by atoms with Gasteiger partial charge < -0.3 is 9.73 Å². The van der Waals surface area contributed by atoms with Crippen LogP contribution in [0.2, 0.25) is 0 Å². The maximum absolute atomic E-state index is 12.6. The number of aromatic nitrogens is 2. The number of nitrogens with one attached hydrogen (secondary N) is 1. The summed E-state index contributed by atoms with van der Waals surface area (Å²) in [6.07, 6.45) is 2.31. The Kier molecular flexibility index (Phi) is 4.34. The van der Waals surface area contributed by atoms with E-state index in [4.69, 9.17) is 4.42 Å². The zero-order chi connectivity index (χ0) is 18.1. The van der Waals surface area contributed by atoms with Crippen LogP contribution in [0.25, 0.3) is 15.9 Å². The lowest BCUT2D eigenvalue weighted by atomic mass is 10.2. The van der Waals surface area contributed by atoms with Gasteiger partial charge in [0.25, 0.3) is 5.91 Å². The predicted octanol–water partition coefficient (Wildman–Crippen LogP) is 4.35. The highest BCUT2D eigenvalue weighted by Gasteiger charge is 2.18. The number of carbonyl (C=O) groups is 1. The predicted molar refractivity (Wildman–Crippen MR) is 103 cm³/mol. The Bertz CT molecular complexity index is 1030. The molecule has 1 amide bonds. The lowest BCUT2D eigenvalue weighted by molar-refractivity contribution is 0.0943. The van der Waals surface area contributed by atoms with E-state index >= 15 is 0 Å². The molecule has 0 aliphatic carbocycles. The van der Waals surface area contributed by atoms with E-state index < -0.39 is 0 Å². The van der Waals surface area contributed by atoms with Crippen LogP contribution in [0, 0.1) is 6.92 Å². The summed E-state index contributed by atoms with van der Waals surface area (Å²) >= 11 is 1.46. The van der Waals surface area contributed by atoms with Crippen molar-refractivity contribution in [1.29, 1.82) is 0 Å². The fourth-order valence-corrected chi connectivity index (χ4v) is 4.07. The third-order valence-electron chi connectivity index (χ3n) is 4.23. The highest BCUT2D eigenvalue weighted by molar-refractivity contribution is 7.20. The summed E-state index contributed by atoms with van der Waals surface area (Å²) in [4.78, 5) is 14.3. The molecule has 6 heteroatoms. The minimum absolute atomic E-state index is 0.00872. The Morgan fingerprint density at radius 3 is 2.81 bits per heavy atom. The number of rotatable bonds is 5. The monoisotopic (exact) mass is 365 g/mol. The quantitative estimate of drug-likeness (QED) is 0.572. The van der Waals surface area contributed by atoms with Crippen LogP contribution in [0.1, 0.15) is 28.0 Å². The summed E-state index contributed by atoms with van der Waals surface area (Å²) < 4.78 is 7.25. The smallest absolute Gasteiger partial charge is 0.261 e. The second-order valence-electron chi connectivity index (χ2n) is 6.32. The van der Waals surface area contributed by atoms with Crippen molar-refractivity contribution >= 4 is 27.5 Å². The zero-order valence-electron chi connectivity index (χ0n) is 14.6. The number of furan rings is 1. The number of amides is 1. The molecule has 5 nitrogen and oxygen atoms in total. The number of benzene rings is 1. The van der Waals surface area contributed by atoms with Crippen molar-refractivity contribution in [3.63, 3.8) is 0 Å². The molecule has 3 aromatic heterocycles. The number of carbonyl (C=O) groups excluding carboxylic acids is 1. The van der Waals surface area contributed by atoms with Gasteiger partial charge >= 0.3 is 0 Å². The normalized spacial score (nSPS) is 12.4. The van der Waals surface area contributed by atoms with Gasteiger partial charge in [0, 0.05) is 17.8 Å². The van der Waals surface area contributed by atoms with E-state index in [0.717, 1.165) is 27.4 Å². The van der Waals surface area contributed by atoms with Crippen molar-refractivity contribution in [1.82, 2.24) is 15.1 Å². The molecule has 0 radical (unpaired) electrons. The van der Waals surface area contributed by atoms with Crippen molar-refractivity contribution in [2.45, 2.75) is 26.3 Å². The molecular formula is C20H19N3O2S. The van der Waals surface area contributed by atoms with Crippen LogP contribution in [0.15, 0.2) is 59.2 Å². The summed E-state index contributed by atoms with van der Waals surface area (Å²) in [7, 11) is 0. The summed E-state index contributed by atoms with van der Waals surface area (Å²) in [6.45, 7) is 3.94. The average molecular weight is 365 g/mol. The minimum atomic E-state index is -0.0655. The first kappa shape index (κ1) is 16.6. The van der Waals surface area contributed by atoms with Gasteiger partial charge in [-0.15, -0.1) is 11.3 Å². The Hall–Kier alpha value is -2.86. The van der Waals surface area contributed by atoms with Gasteiger partial charge in [0.15, 0.2) is 0 Å². The van der Waals surface area contributed by atoms with Crippen LogP contribution >= 0.6 is 11.3 Å². The molecule has 1 aromatic carbocycles. The van der Waals surface area contributed by atoms with E-state index in [-0.39, 0.29) is 11.9 Å². The molecule has 132 valence electrons. The van der Waals surface area contributed by atoms with Gasteiger partial charge in [-0.25, -0.2) is 4.68 Å². The molecule has 3 heterocycles. The number of hydrogen-bond donors (Lipinski definition) is 1. The first-order valence-electron chi connectivity index (χ1n) is 8.49.